The molecular weight excluding hydrogens is 280 g/mol. The first kappa shape index (κ1) is 15.9. The van der Waals surface area contributed by atoms with Gasteiger partial charge in [-0.3, -0.25) is 4.79 Å². The van der Waals surface area contributed by atoms with Crippen molar-refractivity contribution in [3.05, 3.63) is 48.2 Å². The maximum absolute atomic E-state index is 12.1. The van der Waals surface area contributed by atoms with E-state index in [1.165, 1.54) is 0 Å². The highest BCUT2D eigenvalue weighted by molar-refractivity contribution is 5.93. The molecule has 1 N–H and O–H groups in total. The summed E-state index contributed by atoms with van der Waals surface area (Å²) in [6.07, 6.45) is 1.03. The van der Waals surface area contributed by atoms with E-state index in [9.17, 15) is 4.79 Å². The number of ether oxygens (including phenoxy) is 1. The van der Waals surface area contributed by atoms with Gasteiger partial charge in [0.2, 0.25) is 5.95 Å². The van der Waals surface area contributed by atoms with Crippen LogP contribution in [0.1, 0.15) is 12.5 Å². The zero-order valence-corrected chi connectivity index (χ0v) is 13.0. The molecule has 6 nitrogen and oxygen atoms in total. The van der Waals surface area contributed by atoms with Crippen LogP contribution in [0, 0.1) is 0 Å². The van der Waals surface area contributed by atoms with Crippen LogP contribution in [0.2, 0.25) is 0 Å². The molecule has 0 aliphatic rings. The fraction of sp³-hybridized carbons (Fsp3) is 0.312. The van der Waals surface area contributed by atoms with Crippen LogP contribution >= 0.6 is 0 Å². The van der Waals surface area contributed by atoms with Crippen LogP contribution in [-0.2, 0) is 16.1 Å². The third-order valence-corrected chi connectivity index (χ3v) is 3.01. The summed E-state index contributed by atoms with van der Waals surface area (Å²) in [5.41, 5.74) is 1.03. The van der Waals surface area contributed by atoms with Crippen molar-refractivity contribution in [2.45, 2.75) is 19.6 Å². The molecule has 1 amide bonds. The second-order valence-corrected chi connectivity index (χ2v) is 5.06. The minimum Gasteiger partial charge on any atom is -0.364 e. The van der Waals surface area contributed by atoms with Crippen LogP contribution in [0.3, 0.4) is 0 Å². The van der Waals surface area contributed by atoms with Crippen molar-refractivity contribution in [1.29, 1.82) is 0 Å². The number of hydrogen-bond donors (Lipinski definition) is 1. The van der Waals surface area contributed by atoms with Crippen molar-refractivity contribution in [1.82, 2.24) is 9.97 Å². The van der Waals surface area contributed by atoms with Crippen molar-refractivity contribution in [3.63, 3.8) is 0 Å². The second kappa shape index (κ2) is 7.51. The SMILES string of the molecule is C[C@H](OCc1ccccc1)C(=O)Nc1ccnc(N(C)C)n1. The molecule has 22 heavy (non-hydrogen) atoms. The van der Waals surface area contributed by atoms with E-state index in [-0.39, 0.29) is 5.91 Å². The Morgan fingerprint density at radius 1 is 1.27 bits per heavy atom. The van der Waals surface area contributed by atoms with Gasteiger partial charge in [0.25, 0.3) is 5.91 Å². The number of rotatable bonds is 6. The lowest BCUT2D eigenvalue weighted by Crippen LogP contribution is -2.28. The second-order valence-electron chi connectivity index (χ2n) is 5.06. The number of carbonyl (C=O) groups excluding carboxylic acids is 1. The van der Waals surface area contributed by atoms with Crippen molar-refractivity contribution in [2.24, 2.45) is 0 Å². The molecule has 116 valence electrons. The van der Waals surface area contributed by atoms with Gasteiger partial charge in [-0.1, -0.05) is 30.3 Å². The molecule has 2 aromatic rings. The molecule has 0 radical (unpaired) electrons. The van der Waals surface area contributed by atoms with Crippen molar-refractivity contribution < 1.29 is 9.53 Å². The summed E-state index contributed by atoms with van der Waals surface area (Å²) in [6, 6.07) is 11.4. The summed E-state index contributed by atoms with van der Waals surface area (Å²) in [4.78, 5) is 22.2. The number of benzene rings is 1. The Labute approximate surface area is 130 Å². The van der Waals surface area contributed by atoms with E-state index in [4.69, 9.17) is 4.74 Å². The minimum atomic E-state index is -0.571. The Kier molecular flexibility index (Phi) is 5.43. The van der Waals surface area contributed by atoms with Crippen molar-refractivity contribution >= 4 is 17.7 Å². The molecule has 0 saturated heterocycles. The molecule has 0 unspecified atom stereocenters. The van der Waals surface area contributed by atoms with Gasteiger partial charge >= 0.3 is 0 Å². The Balaban J connectivity index is 1.89. The first-order valence-corrected chi connectivity index (χ1v) is 7.03. The Morgan fingerprint density at radius 3 is 2.68 bits per heavy atom. The van der Waals surface area contributed by atoms with Crippen LogP contribution in [-0.4, -0.2) is 36.1 Å². The van der Waals surface area contributed by atoms with Crippen molar-refractivity contribution in [3.8, 4) is 0 Å². The molecule has 0 saturated carbocycles. The molecule has 0 aliphatic heterocycles. The number of nitrogens with zero attached hydrogens (tertiary/aromatic N) is 3. The average molecular weight is 300 g/mol. The van der Waals surface area contributed by atoms with E-state index in [0.717, 1.165) is 5.56 Å². The van der Waals surface area contributed by atoms with E-state index in [0.29, 0.717) is 18.4 Å². The monoisotopic (exact) mass is 300 g/mol. The minimum absolute atomic E-state index is 0.237. The molecule has 0 spiro atoms. The van der Waals surface area contributed by atoms with Gasteiger partial charge in [0, 0.05) is 20.3 Å². The first-order chi connectivity index (χ1) is 10.6. The number of hydrogen-bond acceptors (Lipinski definition) is 5. The topological polar surface area (TPSA) is 67.3 Å². The van der Waals surface area contributed by atoms with Crippen LogP contribution in [0.15, 0.2) is 42.6 Å². The zero-order chi connectivity index (χ0) is 15.9. The summed E-state index contributed by atoms with van der Waals surface area (Å²) in [5.74, 6) is 0.758. The molecule has 1 heterocycles. The number of carbonyl (C=O) groups is 1. The van der Waals surface area contributed by atoms with Gasteiger partial charge in [-0.2, -0.15) is 4.98 Å². The third kappa shape index (κ3) is 4.53. The van der Waals surface area contributed by atoms with E-state index >= 15 is 0 Å². The molecule has 1 aromatic carbocycles. The van der Waals surface area contributed by atoms with Crippen LogP contribution in [0.25, 0.3) is 0 Å². The van der Waals surface area contributed by atoms with E-state index in [2.05, 4.69) is 15.3 Å². The zero-order valence-electron chi connectivity index (χ0n) is 13.0. The number of aromatic nitrogens is 2. The number of amides is 1. The average Bonchev–Trinajstić information content (AvgIpc) is 2.53. The maximum atomic E-state index is 12.1. The Hall–Kier alpha value is -2.47. The molecule has 0 bridgehead atoms. The Morgan fingerprint density at radius 2 is 2.00 bits per heavy atom. The largest absolute Gasteiger partial charge is 0.364 e. The maximum Gasteiger partial charge on any atom is 0.254 e. The smallest absolute Gasteiger partial charge is 0.254 e. The fourth-order valence-corrected chi connectivity index (χ4v) is 1.73. The summed E-state index contributed by atoms with van der Waals surface area (Å²) < 4.78 is 5.57. The standard InChI is InChI=1S/C16H20N4O2/c1-12(22-11-13-7-5-4-6-8-13)15(21)18-14-9-10-17-16(19-14)20(2)3/h4-10,12H,11H2,1-3H3,(H,17,18,19,21)/t12-/m0/s1. The van der Waals surface area contributed by atoms with E-state index in [1.807, 2.05) is 44.4 Å². The fourth-order valence-electron chi connectivity index (χ4n) is 1.73. The van der Waals surface area contributed by atoms with Crippen LogP contribution in [0.4, 0.5) is 11.8 Å². The van der Waals surface area contributed by atoms with Gasteiger partial charge in [0.1, 0.15) is 11.9 Å². The van der Waals surface area contributed by atoms with Crippen molar-refractivity contribution in [2.75, 3.05) is 24.3 Å². The summed E-state index contributed by atoms with van der Waals surface area (Å²) in [5, 5.41) is 2.73. The third-order valence-electron chi connectivity index (χ3n) is 3.01. The highest BCUT2D eigenvalue weighted by atomic mass is 16.5. The number of anilines is 2. The predicted octanol–water partition coefficient (Wildman–Crippen LogP) is 2.09. The van der Waals surface area contributed by atoms with Gasteiger partial charge in [0.15, 0.2) is 0 Å². The highest BCUT2D eigenvalue weighted by Gasteiger charge is 2.14. The summed E-state index contributed by atoms with van der Waals surface area (Å²) >= 11 is 0. The van der Waals surface area contributed by atoms with Gasteiger partial charge < -0.3 is 15.0 Å². The van der Waals surface area contributed by atoms with Gasteiger partial charge in [-0.25, -0.2) is 4.98 Å². The quantitative estimate of drug-likeness (QED) is 0.884. The molecule has 0 aliphatic carbocycles. The lowest BCUT2D eigenvalue weighted by atomic mass is 10.2. The summed E-state index contributed by atoms with van der Waals surface area (Å²) in [6.45, 7) is 2.11. The molecule has 1 aromatic heterocycles. The van der Waals surface area contributed by atoms with Crippen LogP contribution in [0.5, 0.6) is 0 Å². The summed E-state index contributed by atoms with van der Waals surface area (Å²) in [7, 11) is 3.68. The van der Waals surface area contributed by atoms with Gasteiger partial charge in [-0.15, -0.1) is 0 Å². The lowest BCUT2D eigenvalue weighted by molar-refractivity contribution is -0.127. The molecule has 2 rings (SSSR count). The number of nitrogens with one attached hydrogen (secondary N) is 1. The lowest BCUT2D eigenvalue weighted by Gasteiger charge is -2.14. The molecule has 1 atom stereocenters. The van der Waals surface area contributed by atoms with Gasteiger partial charge in [0.05, 0.1) is 6.61 Å². The highest BCUT2D eigenvalue weighted by Crippen LogP contribution is 2.09. The predicted molar refractivity (Wildman–Crippen MR) is 85.7 cm³/mol. The Bertz CT molecular complexity index is 617. The molecular formula is C16H20N4O2. The van der Waals surface area contributed by atoms with Gasteiger partial charge in [-0.05, 0) is 18.6 Å². The molecule has 0 fully saturated rings. The van der Waals surface area contributed by atoms with E-state index < -0.39 is 6.10 Å². The first-order valence-electron chi connectivity index (χ1n) is 7.03. The van der Waals surface area contributed by atoms with E-state index in [1.54, 1.807) is 24.1 Å². The van der Waals surface area contributed by atoms with Crippen LogP contribution < -0.4 is 10.2 Å². The normalized spacial score (nSPS) is 11.8. The molecule has 6 heteroatoms.